The fourth-order valence-electron chi connectivity index (χ4n) is 4.41. The van der Waals surface area contributed by atoms with Crippen LogP contribution in [0, 0.1) is 17.6 Å². The minimum absolute atomic E-state index is 0.000116. The van der Waals surface area contributed by atoms with E-state index < -0.39 is 23.6 Å². The Morgan fingerprint density at radius 2 is 1.88 bits per heavy atom. The number of aliphatic hydroxyl groups excluding tert-OH is 1. The van der Waals surface area contributed by atoms with Crippen molar-refractivity contribution in [3.63, 3.8) is 0 Å². The van der Waals surface area contributed by atoms with Gasteiger partial charge in [-0.15, -0.1) is 0 Å². The zero-order valence-corrected chi connectivity index (χ0v) is 18.0. The van der Waals surface area contributed by atoms with Gasteiger partial charge in [-0.1, -0.05) is 13.0 Å². The highest BCUT2D eigenvalue weighted by molar-refractivity contribution is 6.06. The summed E-state index contributed by atoms with van der Waals surface area (Å²) in [7, 11) is 0. The molecule has 0 unspecified atom stereocenters. The number of nitrogens with one attached hydrogen (secondary N) is 1. The lowest BCUT2D eigenvalue weighted by molar-refractivity contribution is 0.0521. The van der Waals surface area contributed by atoms with Crippen molar-refractivity contribution in [3.8, 4) is 11.3 Å². The van der Waals surface area contributed by atoms with Crippen LogP contribution < -0.4 is 16.8 Å². The molecule has 2 heterocycles. The van der Waals surface area contributed by atoms with Crippen LogP contribution >= 0.6 is 0 Å². The number of rotatable bonds is 4. The van der Waals surface area contributed by atoms with E-state index in [1.807, 2.05) is 6.92 Å². The molecule has 4 atom stereocenters. The van der Waals surface area contributed by atoms with Gasteiger partial charge < -0.3 is 21.9 Å². The van der Waals surface area contributed by atoms with E-state index in [1.165, 1.54) is 24.4 Å². The molecule has 1 amide bonds. The highest BCUT2D eigenvalue weighted by Crippen LogP contribution is 2.38. The average molecular weight is 453 g/mol. The molecule has 1 fully saturated rings. The molecule has 1 saturated carbocycles. The molecule has 3 aromatic rings. The molecule has 0 radical (unpaired) electrons. The van der Waals surface area contributed by atoms with Crippen LogP contribution in [-0.2, 0) is 0 Å². The Labute approximate surface area is 189 Å². The van der Waals surface area contributed by atoms with E-state index in [0.717, 1.165) is 17.7 Å². The monoisotopic (exact) mass is 453 g/mol. The lowest BCUT2D eigenvalue weighted by Gasteiger charge is -2.36. The van der Waals surface area contributed by atoms with Gasteiger partial charge in [0.15, 0.2) is 5.69 Å². The van der Waals surface area contributed by atoms with Crippen molar-refractivity contribution in [1.29, 1.82) is 0 Å². The summed E-state index contributed by atoms with van der Waals surface area (Å²) in [6.45, 7) is 1.94. The second-order valence-corrected chi connectivity index (χ2v) is 8.45. The van der Waals surface area contributed by atoms with Crippen LogP contribution in [0.2, 0.25) is 0 Å². The van der Waals surface area contributed by atoms with Crippen LogP contribution in [0.3, 0.4) is 0 Å². The fraction of sp³-hybridized carbons (Fsp3) is 0.292. The van der Waals surface area contributed by atoms with Crippen LogP contribution in [0.15, 0.2) is 48.8 Å². The lowest BCUT2D eigenvalue weighted by atomic mass is 9.74. The number of halogens is 2. The topological polar surface area (TPSA) is 127 Å². The molecule has 0 bridgehead atoms. The third-order valence-corrected chi connectivity index (χ3v) is 6.14. The predicted octanol–water partition coefficient (Wildman–Crippen LogP) is 3.46. The Morgan fingerprint density at radius 1 is 1.15 bits per heavy atom. The average Bonchev–Trinajstić information content (AvgIpc) is 2.78. The van der Waals surface area contributed by atoms with Crippen LogP contribution in [0.5, 0.6) is 0 Å². The maximum atomic E-state index is 14.2. The van der Waals surface area contributed by atoms with E-state index in [2.05, 4.69) is 15.3 Å². The van der Waals surface area contributed by atoms with Crippen LogP contribution in [0.1, 0.15) is 41.7 Å². The molecule has 4 rings (SSSR count). The Balaban J connectivity index is 1.64. The lowest BCUT2D eigenvalue weighted by Crippen LogP contribution is -2.44. The summed E-state index contributed by atoms with van der Waals surface area (Å²) in [6, 6.07) is 7.66. The molecule has 33 heavy (non-hydrogen) atoms. The number of nitrogens with two attached hydrogens (primary N) is 2. The van der Waals surface area contributed by atoms with Crippen molar-refractivity contribution in [2.24, 2.45) is 11.7 Å². The van der Waals surface area contributed by atoms with Crippen LogP contribution in [0.25, 0.3) is 11.3 Å². The van der Waals surface area contributed by atoms with Crippen LogP contribution in [0.4, 0.5) is 20.2 Å². The normalized spacial score (nSPS) is 22.7. The van der Waals surface area contributed by atoms with Gasteiger partial charge in [0.2, 0.25) is 0 Å². The Bertz CT molecular complexity index is 1160. The summed E-state index contributed by atoms with van der Waals surface area (Å²) >= 11 is 0. The second-order valence-electron chi connectivity index (χ2n) is 8.45. The number of hydrogen-bond acceptors (Lipinski definition) is 6. The first-order chi connectivity index (χ1) is 15.8. The Kier molecular flexibility index (Phi) is 6.35. The van der Waals surface area contributed by atoms with E-state index in [1.54, 1.807) is 12.3 Å². The maximum Gasteiger partial charge on any atom is 0.276 e. The quantitative estimate of drug-likeness (QED) is 0.479. The number of anilines is 2. The molecule has 1 aromatic carbocycles. The smallest absolute Gasteiger partial charge is 0.276 e. The predicted molar refractivity (Wildman–Crippen MR) is 121 cm³/mol. The van der Waals surface area contributed by atoms with Gasteiger partial charge >= 0.3 is 0 Å². The zero-order valence-electron chi connectivity index (χ0n) is 18.0. The van der Waals surface area contributed by atoms with Gasteiger partial charge in [0.25, 0.3) is 5.91 Å². The number of nitrogen functional groups attached to an aromatic ring is 1. The van der Waals surface area contributed by atoms with Crippen molar-refractivity contribution in [2.45, 2.75) is 37.8 Å². The van der Waals surface area contributed by atoms with E-state index in [9.17, 15) is 18.7 Å². The van der Waals surface area contributed by atoms with Gasteiger partial charge in [0, 0.05) is 12.2 Å². The van der Waals surface area contributed by atoms with Gasteiger partial charge in [-0.05, 0) is 60.6 Å². The SMILES string of the molecule is C[C@@H]1C[C@@H](c2ccncc2NC(=O)c2nc(-c3c(F)cccc3F)ccc2N)C[C@@H](N)[C@H]1O. The van der Waals surface area contributed by atoms with E-state index in [-0.39, 0.29) is 40.5 Å². The number of carbonyl (C=O) groups is 1. The number of aliphatic hydroxyl groups is 1. The van der Waals surface area contributed by atoms with Gasteiger partial charge in [0.1, 0.15) is 11.6 Å². The first-order valence-electron chi connectivity index (χ1n) is 10.7. The summed E-state index contributed by atoms with van der Waals surface area (Å²) in [6.07, 6.45) is 3.82. The van der Waals surface area contributed by atoms with Crippen molar-refractivity contribution < 1.29 is 18.7 Å². The molecule has 6 N–H and O–H groups in total. The van der Waals surface area contributed by atoms with E-state index in [4.69, 9.17) is 11.5 Å². The second kappa shape index (κ2) is 9.21. The number of pyridine rings is 2. The molecule has 2 aromatic heterocycles. The van der Waals surface area contributed by atoms with Gasteiger partial charge in [-0.3, -0.25) is 9.78 Å². The third kappa shape index (κ3) is 4.55. The number of carbonyl (C=O) groups excluding carboxylic acids is 1. The van der Waals surface area contributed by atoms with Gasteiger partial charge in [0.05, 0.1) is 34.9 Å². The van der Waals surface area contributed by atoms with Crippen molar-refractivity contribution in [2.75, 3.05) is 11.1 Å². The molecule has 1 aliphatic rings. The summed E-state index contributed by atoms with van der Waals surface area (Å²) < 4.78 is 28.4. The maximum absolute atomic E-state index is 14.2. The number of nitrogens with zero attached hydrogens (tertiary/aromatic N) is 2. The van der Waals surface area contributed by atoms with Gasteiger partial charge in [-0.25, -0.2) is 13.8 Å². The Hall–Kier alpha value is -3.43. The standard InChI is InChI=1S/C24H25F2N5O2/c1-12-9-13(10-18(28)23(12)32)14-7-8-29-11-20(14)31-24(33)22-17(27)5-6-19(30-22)21-15(25)3-2-4-16(21)26/h2-8,11-13,18,23,32H,9-10,27-28H2,1H3,(H,31,33)/t12-,13-,18-,23+/m1/s1. The van der Waals surface area contributed by atoms with Gasteiger partial charge in [-0.2, -0.15) is 0 Å². The first-order valence-corrected chi connectivity index (χ1v) is 10.7. The van der Waals surface area contributed by atoms with E-state index >= 15 is 0 Å². The minimum Gasteiger partial charge on any atom is -0.397 e. The molecular weight excluding hydrogens is 428 g/mol. The first kappa shape index (κ1) is 22.8. The summed E-state index contributed by atoms with van der Waals surface area (Å²) in [5, 5.41) is 13.0. The number of hydrogen-bond donors (Lipinski definition) is 4. The zero-order chi connectivity index (χ0) is 23.7. The molecule has 1 aliphatic carbocycles. The van der Waals surface area contributed by atoms with Crippen molar-refractivity contribution >= 4 is 17.3 Å². The molecule has 0 spiro atoms. The number of amides is 1. The summed E-state index contributed by atoms with van der Waals surface area (Å²) in [4.78, 5) is 21.3. The molecule has 7 nitrogen and oxygen atoms in total. The highest BCUT2D eigenvalue weighted by Gasteiger charge is 2.34. The van der Waals surface area contributed by atoms with Crippen LogP contribution in [-0.4, -0.2) is 33.1 Å². The molecule has 172 valence electrons. The minimum atomic E-state index is -0.793. The highest BCUT2D eigenvalue weighted by atomic mass is 19.1. The summed E-state index contributed by atoms with van der Waals surface area (Å²) in [5.41, 5.74) is 12.9. The Morgan fingerprint density at radius 3 is 2.58 bits per heavy atom. The number of aromatic nitrogens is 2. The fourth-order valence-corrected chi connectivity index (χ4v) is 4.41. The summed E-state index contributed by atoms with van der Waals surface area (Å²) in [5.74, 6) is -2.20. The molecule has 0 aliphatic heterocycles. The number of benzene rings is 1. The molecule has 0 saturated heterocycles. The molecule has 9 heteroatoms. The largest absolute Gasteiger partial charge is 0.397 e. The third-order valence-electron chi connectivity index (χ3n) is 6.14. The molecular formula is C24H25F2N5O2. The van der Waals surface area contributed by atoms with Crippen molar-refractivity contribution in [3.05, 3.63) is 71.7 Å². The van der Waals surface area contributed by atoms with E-state index in [0.29, 0.717) is 18.5 Å². The van der Waals surface area contributed by atoms with Crippen molar-refractivity contribution in [1.82, 2.24) is 9.97 Å².